The maximum absolute atomic E-state index is 3.06. The van der Waals surface area contributed by atoms with Crippen LogP contribution < -0.4 is 0 Å². The highest BCUT2D eigenvalue weighted by molar-refractivity contribution is 6.29. The molecule has 0 saturated heterocycles. The van der Waals surface area contributed by atoms with E-state index in [1.807, 2.05) is 12.1 Å². The van der Waals surface area contributed by atoms with Gasteiger partial charge < -0.3 is 9.13 Å². The Morgan fingerprint density at radius 1 is 0.320 bits per heavy atom. The molecular weight excluding hydrogens is 605 g/mol. The molecule has 0 aliphatic heterocycles. The van der Waals surface area contributed by atoms with Crippen molar-refractivity contribution in [2.24, 2.45) is 0 Å². The van der Waals surface area contributed by atoms with E-state index < -0.39 is 0 Å². The van der Waals surface area contributed by atoms with Crippen LogP contribution >= 0.6 is 0 Å². The molecule has 2 aromatic heterocycles. The summed E-state index contributed by atoms with van der Waals surface area (Å²) in [4.78, 5) is 0. The Bertz CT molecular complexity index is 2820. The minimum Gasteiger partial charge on any atom is -0.309 e. The van der Waals surface area contributed by atoms with Crippen LogP contribution in [0.4, 0.5) is 0 Å². The summed E-state index contributed by atoms with van der Waals surface area (Å²) in [6.07, 6.45) is 0. The summed E-state index contributed by atoms with van der Waals surface area (Å²) in [6.45, 7) is 0. The molecule has 50 heavy (non-hydrogen) atoms. The van der Waals surface area contributed by atoms with Gasteiger partial charge in [-0.15, -0.1) is 0 Å². The maximum Gasteiger partial charge on any atom is 0.0548 e. The monoisotopic (exact) mass is 634 g/mol. The third-order valence-corrected chi connectivity index (χ3v) is 10.00. The van der Waals surface area contributed by atoms with Gasteiger partial charge >= 0.3 is 0 Å². The van der Waals surface area contributed by atoms with E-state index >= 15 is 0 Å². The average Bonchev–Trinajstić information content (AvgIpc) is 3.71. The van der Waals surface area contributed by atoms with Crippen molar-refractivity contribution in [3.8, 4) is 44.8 Å². The quantitative estimate of drug-likeness (QED) is 0.178. The Balaban J connectivity index is 1.18. The predicted octanol–water partition coefficient (Wildman–Crippen LogP) is 12.5. The van der Waals surface area contributed by atoms with Gasteiger partial charge in [-0.05, 0) is 106 Å². The Hall–Kier alpha value is -6.82. The molecule has 0 atom stereocenters. The van der Waals surface area contributed by atoms with E-state index in [0.29, 0.717) is 0 Å². The van der Waals surface area contributed by atoms with Crippen LogP contribution in [-0.2, 0) is 0 Å². The molecule has 2 heteroatoms. The van der Waals surface area contributed by atoms with Crippen molar-refractivity contribution in [2.45, 2.75) is 0 Å². The molecule has 2 heterocycles. The number of para-hydroxylation sites is 3. The van der Waals surface area contributed by atoms with E-state index in [1.54, 1.807) is 0 Å². The second kappa shape index (κ2) is 11.4. The SMILES string of the molecule is c1ccc(-c2ccc(-c3cccc(-c4ccc5c6c7c8ccccc8n(-c8ccccc8)c7ccc6n(-c6ccccc6)c5c4)c3)cc2)cc#1. The average molecular weight is 635 g/mol. The summed E-state index contributed by atoms with van der Waals surface area (Å²) in [5.41, 5.74) is 14.2. The maximum atomic E-state index is 3.06. The third-order valence-electron chi connectivity index (χ3n) is 10.00. The fourth-order valence-corrected chi connectivity index (χ4v) is 7.72. The van der Waals surface area contributed by atoms with Crippen LogP contribution in [0.5, 0.6) is 0 Å². The number of fused-ring (bicyclic) bond motifs is 7. The summed E-state index contributed by atoms with van der Waals surface area (Å²) in [5, 5.41) is 5.07. The fourth-order valence-electron chi connectivity index (χ4n) is 7.72. The zero-order chi connectivity index (χ0) is 33.0. The third kappa shape index (κ3) is 4.45. The van der Waals surface area contributed by atoms with E-state index in [2.05, 4.69) is 191 Å². The van der Waals surface area contributed by atoms with Gasteiger partial charge in [0.05, 0.1) is 22.1 Å². The topological polar surface area (TPSA) is 9.86 Å². The molecule has 0 fully saturated rings. The zero-order valence-corrected chi connectivity index (χ0v) is 27.2. The van der Waals surface area contributed by atoms with Gasteiger partial charge in [-0.3, -0.25) is 0 Å². The van der Waals surface area contributed by atoms with Gasteiger partial charge in [0.25, 0.3) is 0 Å². The first-order chi connectivity index (χ1) is 24.8. The van der Waals surface area contributed by atoms with Gasteiger partial charge in [-0.25, -0.2) is 0 Å². The highest BCUT2D eigenvalue weighted by atomic mass is 15.0. The molecule has 0 N–H and O–H groups in total. The fraction of sp³-hybridized carbons (Fsp3) is 0. The van der Waals surface area contributed by atoms with Crippen molar-refractivity contribution < 1.29 is 0 Å². The first-order valence-corrected chi connectivity index (χ1v) is 17.0. The summed E-state index contributed by atoms with van der Waals surface area (Å²) in [6, 6.07) is 71.5. The molecule has 0 spiro atoms. The number of benzene rings is 7. The van der Waals surface area contributed by atoms with Crippen molar-refractivity contribution in [2.75, 3.05) is 0 Å². The molecule has 10 aromatic rings. The van der Waals surface area contributed by atoms with Gasteiger partial charge in [-0.1, -0.05) is 121 Å². The molecule has 0 aliphatic rings. The van der Waals surface area contributed by atoms with Crippen molar-refractivity contribution in [1.82, 2.24) is 9.13 Å². The molecule has 0 radical (unpaired) electrons. The van der Waals surface area contributed by atoms with Gasteiger partial charge in [0.1, 0.15) is 0 Å². The summed E-state index contributed by atoms with van der Waals surface area (Å²) in [7, 11) is 0. The van der Waals surface area contributed by atoms with Crippen molar-refractivity contribution in [3.05, 3.63) is 194 Å². The standard InChI is InChI=1S/C48H30N2/c1-4-13-33(14-5-1)34-23-25-35(26-24-34)36-15-12-16-37(31-36)38-27-28-42-46(32-38)50(40-19-8-3-9-20-40)45-30-29-44-47(48(42)45)41-21-10-11-22-43(41)49(44)39-17-6-2-7-18-39/h2-4,6-32H. The number of hydrogen-bond acceptors (Lipinski definition) is 0. The molecule has 0 saturated carbocycles. The highest BCUT2D eigenvalue weighted by Gasteiger charge is 2.21. The van der Waals surface area contributed by atoms with Gasteiger partial charge in [0.2, 0.25) is 0 Å². The Labute approximate surface area is 290 Å². The first kappa shape index (κ1) is 28.2. The van der Waals surface area contributed by atoms with E-state index in [9.17, 15) is 0 Å². The Kier molecular flexibility index (Phi) is 6.44. The van der Waals surface area contributed by atoms with Crippen LogP contribution in [-0.4, -0.2) is 9.13 Å². The van der Waals surface area contributed by atoms with Crippen LogP contribution in [0.3, 0.4) is 0 Å². The minimum atomic E-state index is 1.15. The summed E-state index contributed by atoms with van der Waals surface area (Å²) in [5.74, 6) is 0. The van der Waals surface area contributed by atoms with Crippen LogP contribution in [0.25, 0.3) is 88.4 Å². The van der Waals surface area contributed by atoms with Crippen LogP contribution in [0.2, 0.25) is 0 Å². The molecule has 0 bridgehead atoms. The molecule has 232 valence electrons. The lowest BCUT2D eigenvalue weighted by Gasteiger charge is -2.10. The molecule has 10 rings (SSSR count). The van der Waals surface area contributed by atoms with Gasteiger partial charge in [0, 0.05) is 32.9 Å². The molecule has 2 nitrogen and oxygen atoms in total. The largest absolute Gasteiger partial charge is 0.309 e. The summed E-state index contributed by atoms with van der Waals surface area (Å²) >= 11 is 0. The molecule has 0 aliphatic carbocycles. The normalized spacial score (nSPS) is 11.4. The smallest absolute Gasteiger partial charge is 0.0548 e. The van der Waals surface area contributed by atoms with E-state index in [4.69, 9.17) is 0 Å². The molecule has 0 unspecified atom stereocenters. The summed E-state index contributed by atoms with van der Waals surface area (Å²) < 4.78 is 4.84. The number of nitrogens with zero attached hydrogens (tertiary/aromatic N) is 2. The first-order valence-electron chi connectivity index (χ1n) is 17.0. The number of aromatic nitrogens is 2. The van der Waals surface area contributed by atoms with Crippen LogP contribution in [0.1, 0.15) is 0 Å². The second-order valence-electron chi connectivity index (χ2n) is 12.8. The molecular formula is C48H30N2. The van der Waals surface area contributed by atoms with Crippen LogP contribution in [0.15, 0.2) is 182 Å². The highest BCUT2D eigenvalue weighted by Crippen LogP contribution is 2.43. The van der Waals surface area contributed by atoms with Gasteiger partial charge in [-0.2, -0.15) is 0 Å². The Morgan fingerprint density at radius 2 is 0.860 bits per heavy atom. The lowest BCUT2D eigenvalue weighted by molar-refractivity contribution is 1.17. The van der Waals surface area contributed by atoms with E-state index in [-0.39, 0.29) is 0 Å². The lowest BCUT2D eigenvalue weighted by Crippen LogP contribution is -1.94. The lowest BCUT2D eigenvalue weighted by atomic mass is 9.96. The van der Waals surface area contributed by atoms with Crippen molar-refractivity contribution in [3.63, 3.8) is 0 Å². The van der Waals surface area contributed by atoms with Crippen molar-refractivity contribution >= 4 is 43.6 Å². The van der Waals surface area contributed by atoms with Gasteiger partial charge in [0.15, 0.2) is 0 Å². The minimum absolute atomic E-state index is 1.15. The van der Waals surface area contributed by atoms with E-state index in [1.165, 1.54) is 77.1 Å². The number of hydrogen-bond donors (Lipinski definition) is 0. The Morgan fingerprint density at radius 3 is 1.52 bits per heavy atom. The molecule has 8 aromatic carbocycles. The predicted molar refractivity (Wildman–Crippen MR) is 209 cm³/mol. The van der Waals surface area contributed by atoms with Crippen molar-refractivity contribution in [1.29, 1.82) is 0 Å². The van der Waals surface area contributed by atoms with E-state index in [0.717, 1.165) is 11.3 Å². The van der Waals surface area contributed by atoms with Crippen LogP contribution in [0, 0.1) is 12.1 Å². The second-order valence-corrected chi connectivity index (χ2v) is 12.8. The number of rotatable bonds is 5. The molecule has 0 amide bonds. The zero-order valence-electron chi connectivity index (χ0n) is 27.2.